The van der Waals surface area contributed by atoms with Crippen LogP contribution in [-0.2, 0) is 4.79 Å². The van der Waals surface area contributed by atoms with Crippen molar-refractivity contribution in [3.05, 3.63) is 36.9 Å². The normalized spacial score (nSPS) is 11.3. The van der Waals surface area contributed by atoms with Gasteiger partial charge >= 0.3 is 0 Å². The molecular formula is C15H19N3O2. The minimum absolute atomic E-state index is 0.0749. The molecule has 1 amide bonds. The molecule has 1 aromatic carbocycles. The summed E-state index contributed by atoms with van der Waals surface area (Å²) in [6.45, 7) is 6.41. The average molecular weight is 273 g/mol. The maximum Gasteiger partial charge on any atom is 0.244 e. The van der Waals surface area contributed by atoms with E-state index < -0.39 is 5.54 Å². The van der Waals surface area contributed by atoms with Crippen LogP contribution in [0.25, 0.3) is 11.3 Å². The first-order valence-corrected chi connectivity index (χ1v) is 6.58. The number of aromatic nitrogens is 1. The zero-order valence-electron chi connectivity index (χ0n) is 11.9. The number of amides is 1. The lowest BCUT2D eigenvalue weighted by atomic mass is 10.0. The van der Waals surface area contributed by atoms with Crippen LogP contribution in [0.1, 0.15) is 20.8 Å². The van der Waals surface area contributed by atoms with Gasteiger partial charge in [-0.1, -0.05) is 19.1 Å². The molecule has 0 bridgehead atoms. The van der Waals surface area contributed by atoms with Crippen LogP contribution in [0.5, 0.6) is 0 Å². The lowest BCUT2D eigenvalue weighted by Crippen LogP contribution is -2.49. The summed E-state index contributed by atoms with van der Waals surface area (Å²) in [6, 6.07) is 7.49. The molecule has 2 N–H and O–H groups in total. The summed E-state index contributed by atoms with van der Waals surface area (Å²) in [5, 5.41) is 6.05. The number of nitrogens with one attached hydrogen (secondary N) is 2. The molecule has 2 rings (SSSR count). The number of hydrogen-bond donors (Lipinski definition) is 2. The van der Waals surface area contributed by atoms with E-state index in [0.717, 1.165) is 17.8 Å². The standard InChI is InChI=1S/C15H19N3O2/c1-4-17-15(2,3)14(19)18-12-7-5-6-11(8-12)13-9-16-10-20-13/h5-10,17H,4H2,1-3H3,(H,18,19). The van der Waals surface area contributed by atoms with Crippen molar-refractivity contribution in [3.8, 4) is 11.3 Å². The Bertz CT molecular complexity index is 577. The van der Waals surface area contributed by atoms with Gasteiger partial charge in [-0.3, -0.25) is 4.79 Å². The summed E-state index contributed by atoms with van der Waals surface area (Å²) in [4.78, 5) is 16.1. The van der Waals surface area contributed by atoms with Crippen molar-refractivity contribution in [2.75, 3.05) is 11.9 Å². The fourth-order valence-electron chi connectivity index (χ4n) is 1.92. The van der Waals surface area contributed by atoms with E-state index in [1.807, 2.05) is 45.0 Å². The number of oxazole rings is 1. The van der Waals surface area contributed by atoms with E-state index >= 15 is 0 Å². The number of hydrogen-bond acceptors (Lipinski definition) is 4. The zero-order chi connectivity index (χ0) is 14.6. The SMILES string of the molecule is CCNC(C)(C)C(=O)Nc1cccc(-c2cnco2)c1. The largest absolute Gasteiger partial charge is 0.444 e. The summed E-state index contributed by atoms with van der Waals surface area (Å²) in [7, 11) is 0. The Morgan fingerprint density at radius 3 is 2.85 bits per heavy atom. The van der Waals surface area contributed by atoms with Gasteiger partial charge in [-0.15, -0.1) is 0 Å². The highest BCUT2D eigenvalue weighted by atomic mass is 16.3. The number of carbonyl (C=O) groups excluding carboxylic acids is 1. The molecule has 0 saturated carbocycles. The summed E-state index contributed by atoms with van der Waals surface area (Å²) >= 11 is 0. The van der Waals surface area contributed by atoms with Crippen LogP contribution < -0.4 is 10.6 Å². The van der Waals surface area contributed by atoms with Gasteiger partial charge in [-0.05, 0) is 32.5 Å². The molecule has 1 aromatic heterocycles. The van der Waals surface area contributed by atoms with Gasteiger partial charge in [0, 0.05) is 11.3 Å². The third-order valence-electron chi connectivity index (χ3n) is 3.02. The molecule has 2 aromatic rings. The number of carbonyl (C=O) groups is 1. The van der Waals surface area contributed by atoms with E-state index in [0.29, 0.717) is 5.76 Å². The summed E-state index contributed by atoms with van der Waals surface area (Å²) < 4.78 is 5.25. The summed E-state index contributed by atoms with van der Waals surface area (Å²) in [5.74, 6) is 0.598. The smallest absolute Gasteiger partial charge is 0.244 e. The Morgan fingerprint density at radius 1 is 1.40 bits per heavy atom. The minimum atomic E-state index is -0.614. The van der Waals surface area contributed by atoms with Crippen LogP contribution in [0.15, 0.2) is 41.3 Å². The lowest BCUT2D eigenvalue weighted by molar-refractivity contribution is -0.121. The van der Waals surface area contributed by atoms with E-state index in [2.05, 4.69) is 15.6 Å². The first-order chi connectivity index (χ1) is 9.53. The molecule has 0 spiro atoms. The number of rotatable bonds is 5. The molecule has 1 heterocycles. The van der Waals surface area contributed by atoms with Crippen molar-refractivity contribution in [2.45, 2.75) is 26.3 Å². The molecule has 0 atom stereocenters. The maximum atomic E-state index is 12.2. The van der Waals surface area contributed by atoms with Gasteiger partial charge in [0.15, 0.2) is 12.2 Å². The van der Waals surface area contributed by atoms with Crippen LogP contribution in [0.4, 0.5) is 5.69 Å². The predicted molar refractivity (Wildman–Crippen MR) is 78.3 cm³/mol. The van der Waals surface area contributed by atoms with Crippen molar-refractivity contribution in [3.63, 3.8) is 0 Å². The Hall–Kier alpha value is -2.14. The fourth-order valence-corrected chi connectivity index (χ4v) is 1.92. The zero-order valence-corrected chi connectivity index (χ0v) is 11.9. The number of anilines is 1. The Kier molecular flexibility index (Phi) is 4.20. The quantitative estimate of drug-likeness (QED) is 0.879. The van der Waals surface area contributed by atoms with E-state index in [1.165, 1.54) is 6.39 Å². The van der Waals surface area contributed by atoms with Gasteiger partial charge in [0.2, 0.25) is 5.91 Å². The topological polar surface area (TPSA) is 67.2 Å². The second-order valence-electron chi connectivity index (χ2n) is 5.06. The van der Waals surface area contributed by atoms with E-state index in [9.17, 15) is 4.79 Å². The predicted octanol–water partition coefficient (Wildman–Crippen LogP) is 2.67. The van der Waals surface area contributed by atoms with Crippen LogP contribution in [0.2, 0.25) is 0 Å². The molecule has 0 aliphatic carbocycles. The second-order valence-corrected chi connectivity index (χ2v) is 5.06. The molecule has 0 saturated heterocycles. The molecule has 20 heavy (non-hydrogen) atoms. The molecule has 0 fully saturated rings. The molecule has 0 unspecified atom stereocenters. The maximum absolute atomic E-state index is 12.2. The molecule has 5 nitrogen and oxygen atoms in total. The van der Waals surface area contributed by atoms with Gasteiger partial charge in [0.05, 0.1) is 11.7 Å². The third kappa shape index (κ3) is 3.24. The van der Waals surface area contributed by atoms with Crippen molar-refractivity contribution >= 4 is 11.6 Å². The summed E-state index contributed by atoms with van der Waals surface area (Å²) in [6.07, 6.45) is 3.03. The van der Waals surface area contributed by atoms with Gasteiger partial charge in [-0.25, -0.2) is 4.98 Å². The molecule has 106 valence electrons. The van der Waals surface area contributed by atoms with Crippen LogP contribution in [-0.4, -0.2) is 23.0 Å². The average Bonchev–Trinajstić information content (AvgIpc) is 2.93. The van der Waals surface area contributed by atoms with Crippen molar-refractivity contribution in [1.82, 2.24) is 10.3 Å². The number of nitrogens with zero attached hydrogens (tertiary/aromatic N) is 1. The van der Waals surface area contributed by atoms with Gasteiger partial charge in [0.25, 0.3) is 0 Å². The molecule has 0 aliphatic heterocycles. The van der Waals surface area contributed by atoms with Crippen molar-refractivity contribution < 1.29 is 9.21 Å². The molecular weight excluding hydrogens is 254 g/mol. The number of benzene rings is 1. The molecule has 0 aliphatic rings. The molecule has 5 heteroatoms. The van der Waals surface area contributed by atoms with Crippen molar-refractivity contribution in [1.29, 1.82) is 0 Å². The van der Waals surface area contributed by atoms with Crippen LogP contribution in [0.3, 0.4) is 0 Å². The van der Waals surface area contributed by atoms with Gasteiger partial charge in [-0.2, -0.15) is 0 Å². The Labute approximate surface area is 118 Å². The fraction of sp³-hybridized carbons (Fsp3) is 0.333. The van der Waals surface area contributed by atoms with Crippen molar-refractivity contribution in [2.24, 2.45) is 0 Å². The van der Waals surface area contributed by atoms with Crippen LogP contribution >= 0.6 is 0 Å². The highest BCUT2D eigenvalue weighted by Crippen LogP contribution is 2.22. The van der Waals surface area contributed by atoms with E-state index in [-0.39, 0.29) is 5.91 Å². The summed E-state index contributed by atoms with van der Waals surface area (Å²) in [5.41, 5.74) is 0.994. The molecule has 0 radical (unpaired) electrons. The third-order valence-corrected chi connectivity index (χ3v) is 3.02. The highest BCUT2D eigenvalue weighted by Gasteiger charge is 2.26. The monoisotopic (exact) mass is 273 g/mol. The first-order valence-electron chi connectivity index (χ1n) is 6.58. The Morgan fingerprint density at radius 2 is 2.20 bits per heavy atom. The Balaban J connectivity index is 2.14. The van der Waals surface area contributed by atoms with Gasteiger partial charge in [0.1, 0.15) is 0 Å². The van der Waals surface area contributed by atoms with E-state index in [4.69, 9.17) is 4.42 Å². The first kappa shape index (κ1) is 14.3. The highest BCUT2D eigenvalue weighted by molar-refractivity contribution is 5.97. The second kappa shape index (κ2) is 5.88. The minimum Gasteiger partial charge on any atom is -0.444 e. The van der Waals surface area contributed by atoms with Gasteiger partial charge < -0.3 is 15.1 Å². The number of likely N-dealkylation sites (N-methyl/N-ethyl adjacent to an activating group) is 1. The van der Waals surface area contributed by atoms with Crippen LogP contribution in [0, 0.1) is 0 Å². The van der Waals surface area contributed by atoms with E-state index in [1.54, 1.807) is 6.20 Å². The lowest BCUT2D eigenvalue weighted by Gasteiger charge is -2.24.